The standard InChI is InChI=1S/C24H15N3O3S/c28-21-16-10-4-5-11-17(16)22(29)20(21)25-26-23(30)18-14-19(15-8-2-1-3-9-15)31-24(18)27-12-6-7-13-27/h1-14H,(H,26,30). The fourth-order valence-electron chi connectivity index (χ4n) is 3.46. The number of hydrogen-bond donors (Lipinski definition) is 1. The average molecular weight is 425 g/mol. The molecule has 0 bridgehead atoms. The summed E-state index contributed by atoms with van der Waals surface area (Å²) in [6, 6.07) is 21.8. The number of thiophene rings is 1. The SMILES string of the molecule is O=C(NN=c1c(=O)c2ccccc2c1=O)c1cc(-c2ccccc2)sc1-n1cccc1. The molecular formula is C24H15N3O3S. The van der Waals surface area contributed by atoms with Gasteiger partial charge in [-0.05, 0) is 23.8 Å². The van der Waals surface area contributed by atoms with Gasteiger partial charge in [0.1, 0.15) is 5.00 Å². The van der Waals surface area contributed by atoms with Crippen LogP contribution in [-0.4, -0.2) is 10.5 Å². The Hall–Kier alpha value is -4.10. The molecule has 0 atom stereocenters. The molecule has 31 heavy (non-hydrogen) atoms. The molecule has 5 aromatic rings. The molecule has 0 unspecified atom stereocenters. The Labute approximate surface area is 180 Å². The van der Waals surface area contributed by atoms with E-state index in [4.69, 9.17) is 0 Å². The topological polar surface area (TPSA) is 80.5 Å². The molecule has 1 N–H and O–H groups in total. The van der Waals surface area contributed by atoms with Gasteiger partial charge in [0.15, 0.2) is 5.36 Å². The van der Waals surface area contributed by atoms with Crippen molar-refractivity contribution in [2.45, 2.75) is 0 Å². The first-order chi connectivity index (χ1) is 15.1. The fraction of sp³-hybridized carbons (Fsp3) is 0. The molecular weight excluding hydrogens is 410 g/mol. The van der Waals surface area contributed by atoms with Gasteiger partial charge in [0.25, 0.3) is 5.91 Å². The molecule has 150 valence electrons. The fourth-order valence-corrected chi connectivity index (χ4v) is 4.58. The van der Waals surface area contributed by atoms with Crippen LogP contribution in [-0.2, 0) is 0 Å². The number of fused-ring (bicyclic) bond motifs is 1. The van der Waals surface area contributed by atoms with Gasteiger partial charge in [-0.2, -0.15) is 5.10 Å². The third-order valence-electron chi connectivity index (χ3n) is 4.97. The van der Waals surface area contributed by atoms with E-state index in [1.165, 1.54) is 11.3 Å². The van der Waals surface area contributed by atoms with Gasteiger partial charge in [0.2, 0.25) is 10.9 Å². The van der Waals surface area contributed by atoms with E-state index < -0.39 is 16.8 Å². The minimum Gasteiger partial charge on any atom is -0.315 e. The quantitative estimate of drug-likeness (QED) is 0.449. The maximum Gasteiger partial charge on any atom is 0.274 e. The van der Waals surface area contributed by atoms with Gasteiger partial charge in [-0.3, -0.25) is 14.4 Å². The first kappa shape index (κ1) is 18.9. The summed E-state index contributed by atoms with van der Waals surface area (Å²) in [4.78, 5) is 38.9. The highest BCUT2D eigenvalue weighted by molar-refractivity contribution is 7.18. The van der Waals surface area contributed by atoms with Gasteiger partial charge in [0.05, 0.1) is 5.56 Å². The number of carbonyl (C=O) groups is 1. The summed E-state index contributed by atoms with van der Waals surface area (Å²) < 4.78 is 1.85. The van der Waals surface area contributed by atoms with Gasteiger partial charge in [0, 0.05) is 28.0 Å². The lowest BCUT2D eigenvalue weighted by Gasteiger charge is -2.03. The number of nitrogens with zero attached hydrogens (tertiary/aromatic N) is 2. The van der Waals surface area contributed by atoms with Crippen molar-refractivity contribution in [3.05, 3.63) is 117 Å². The van der Waals surface area contributed by atoms with Crippen molar-refractivity contribution in [3.8, 4) is 15.4 Å². The van der Waals surface area contributed by atoms with Crippen molar-refractivity contribution in [1.82, 2.24) is 9.99 Å². The van der Waals surface area contributed by atoms with E-state index in [9.17, 15) is 14.4 Å². The molecule has 3 aromatic carbocycles. The largest absolute Gasteiger partial charge is 0.315 e. The monoisotopic (exact) mass is 425 g/mol. The Morgan fingerprint density at radius 1 is 0.839 bits per heavy atom. The summed E-state index contributed by atoms with van der Waals surface area (Å²) in [5, 5.41) is 4.93. The van der Waals surface area contributed by atoms with Crippen LogP contribution in [0.5, 0.6) is 0 Å². The first-order valence-electron chi connectivity index (χ1n) is 9.52. The smallest absolute Gasteiger partial charge is 0.274 e. The van der Waals surface area contributed by atoms with Gasteiger partial charge >= 0.3 is 0 Å². The molecule has 0 aliphatic heterocycles. The molecule has 5 rings (SSSR count). The van der Waals surface area contributed by atoms with E-state index >= 15 is 0 Å². The molecule has 2 heterocycles. The van der Waals surface area contributed by atoms with Gasteiger partial charge < -0.3 is 4.57 Å². The van der Waals surface area contributed by atoms with Crippen molar-refractivity contribution in [1.29, 1.82) is 0 Å². The second kappa shape index (κ2) is 7.62. The number of benzene rings is 2. The summed E-state index contributed by atoms with van der Waals surface area (Å²) in [6.45, 7) is 0. The van der Waals surface area contributed by atoms with E-state index in [0.29, 0.717) is 21.3 Å². The lowest BCUT2D eigenvalue weighted by atomic mass is 10.1. The zero-order valence-corrected chi connectivity index (χ0v) is 16.9. The molecule has 0 radical (unpaired) electrons. The van der Waals surface area contributed by atoms with Crippen molar-refractivity contribution >= 4 is 28.0 Å². The molecule has 0 aliphatic carbocycles. The molecule has 0 aliphatic rings. The molecule has 0 saturated heterocycles. The summed E-state index contributed by atoms with van der Waals surface area (Å²) in [7, 11) is 0. The van der Waals surface area contributed by atoms with Crippen molar-refractivity contribution in [2.24, 2.45) is 5.10 Å². The zero-order chi connectivity index (χ0) is 21.4. The minimum atomic E-state index is -0.494. The second-order valence-electron chi connectivity index (χ2n) is 6.89. The zero-order valence-electron chi connectivity index (χ0n) is 16.1. The van der Waals surface area contributed by atoms with Gasteiger partial charge in [-0.1, -0.05) is 54.6 Å². The van der Waals surface area contributed by atoms with E-state index in [1.807, 2.05) is 59.4 Å². The highest BCUT2D eigenvalue weighted by Crippen LogP contribution is 2.34. The number of aromatic nitrogens is 1. The van der Waals surface area contributed by atoms with E-state index in [2.05, 4.69) is 10.5 Å². The number of nitrogens with one attached hydrogen (secondary N) is 1. The number of amides is 1. The first-order valence-corrected chi connectivity index (χ1v) is 10.3. The van der Waals surface area contributed by atoms with Crippen LogP contribution in [0.15, 0.2) is 99.9 Å². The van der Waals surface area contributed by atoms with Gasteiger partial charge in [-0.15, -0.1) is 11.3 Å². The maximum atomic E-state index is 13.0. The number of hydrogen-bond acceptors (Lipinski definition) is 5. The normalized spacial score (nSPS) is 11.0. The van der Waals surface area contributed by atoms with E-state index in [1.54, 1.807) is 30.3 Å². The number of carbonyl (C=O) groups excluding carboxylic acids is 1. The predicted octanol–water partition coefficient (Wildman–Crippen LogP) is 3.20. The van der Waals surface area contributed by atoms with E-state index in [-0.39, 0.29) is 5.36 Å². The summed E-state index contributed by atoms with van der Waals surface area (Å²) in [5.74, 6) is -0.494. The Morgan fingerprint density at radius 3 is 2.10 bits per heavy atom. The van der Waals surface area contributed by atoms with Crippen LogP contribution >= 0.6 is 11.3 Å². The predicted molar refractivity (Wildman–Crippen MR) is 121 cm³/mol. The van der Waals surface area contributed by atoms with Crippen LogP contribution in [0.4, 0.5) is 0 Å². The van der Waals surface area contributed by atoms with Gasteiger partial charge in [-0.25, -0.2) is 5.43 Å². The molecule has 7 heteroatoms. The maximum absolute atomic E-state index is 13.0. The highest BCUT2D eigenvalue weighted by Gasteiger charge is 2.18. The Balaban J connectivity index is 1.57. The van der Waals surface area contributed by atoms with Crippen LogP contribution < -0.4 is 21.6 Å². The summed E-state index contributed by atoms with van der Waals surface area (Å²) in [5.41, 5.74) is 2.83. The van der Waals surface area contributed by atoms with Crippen LogP contribution in [0.2, 0.25) is 0 Å². The van der Waals surface area contributed by atoms with E-state index in [0.717, 1.165) is 10.4 Å². The minimum absolute atomic E-state index is 0.282. The third-order valence-corrected chi connectivity index (χ3v) is 6.17. The molecule has 1 amide bonds. The summed E-state index contributed by atoms with van der Waals surface area (Å²) in [6.07, 6.45) is 3.70. The molecule has 2 aromatic heterocycles. The molecule has 0 saturated carbocycles. The third kappa shape index (κ3) is 3.31. The van der Waals surface area contributed by atoms with Crippen LogP contribution in [0.3, 0.4) is 0 Å². The lowest BCUT2D eigenvalue weighted by molar-refractivity contribution is 0.0953. The van der Waals surface area contributed by atoms with Crippen LogP contribution in [0.1, 0.15) is 10.4 Å². The van der Waals surface area contributed by atoms with Crippen LogP contribution in [0, 0.1) is 0 Å². The van der Waals surface area contributed by atoms with Crippen molar-refractivity contribution in [3.63, 3.8) is 0 Å². The Bertz CT molecular complexity index is 1510. The Kier molecular flexibility index (Phi) is 4.65. The molecule has 0 fully saturated rings. The lowest BCUT2D eigenvalue weighted by Crippen LogP contribution is -2.35. The summed E-state index contributed by atoms with van der Waals surface area (Å²) >= 11 is 1.47. The van der Waals surface area contributed by atoms with Crippen molar-refractivity contribution in [2.75, 3.05) is 0 Å². The highest BCUT2D eigenvalue weighted by atomic mass is 32.1. The molecule has 0 spiro atoms. The van der Waals surface area contributed by atoms with Crippen molar-refractivity contribution < 1.29 is 4.79 Å². The second-order valence-corrected chi connectivity index (χ2v) is 7.92. The average Bonchev–Trinajstić information content (AvgIpc) is 3.53. The molecule has 6 nitrogen and oxygen atoms in total. The van der Waals surface area contributed by atoms with Crippen LogP contribution in [0.25, 0.3) is 26.2 Å². The Morgan fingerprint density at radius 2 is 1.45 bits per heavy atom. The number of rotatable bonds is 4.